The fourth-order valence-corrected chi connectivity index (χ4v) is 3.49. The molecule has 2 aromatic rings. The van der Waals surface area contributed by atoms with Crippen LogP contribution in [0.4, 0.5) is 5.69 Å². The molecule has 0 saturated heterocycles. The summed E-state index contributed by atoms with van der Waals surface area (Å²) in [5.41, 5.74) is 2.94. The van der Waals surface area contributed by atoms with E-state index < -0.39 is 0 Å². The van der Waals surface area contributed by atoms with E-state index >= 15 is 0 Å². The maximum absolute atomic E-state index is 12.0. The topological polar surface area (TPSA) is 78.4 Å². The zero-order valence-electron chi connectivity index (χ0n) is 17.8. The molecule has 8 heteroatoms. The zero-order valence-corrected chi connectivity index (χ0v) is 21.0. The number of amides is 1. The number of thiazole rings is 1. The third kappa shape index (κ3) is 9.12. The van der Waals surface area contributed by atoms with E-state index in [-0.39, 0.29) is 29.9 Å². The molecule has 0 aliphatic heterocycles. The first-order valence-electron chi connectivity index (χ1n) is 9.71. The molecule has 1 aromatic carbocycles. The van der Waals surface area contributed by atoms with E-state index in [1.54, 1.807) is 11.3 Å². The van der Waals surface area contributed by atoms with Crippen LogP contribution in [-0.2, 0) is 17.9 Å². The first kappa shape index (κ1) is 25.4. The van der Waals surface area contributed by atoms with Gasteiger partial charge in [-0.2, -0.15) is 0 Å². The lowest BCUT2D eigenvalue weighted by molar-refractivity contribution is -0.116. The lowest BCUT2D eigenvalue weighted by Gasteiger charge is -2.11. The van der Waals surface area contributed by atoms with Gasteiger partial charge in [-0.05, 0) is 44.4 Å². The third-order valence-electron chi connectivity index (χ3n) is 4.05. The number of benzene rings is 1. The number of nitrogens with zero attached hydrogens (tertiary/aromatic N) is 2. The molecule has 0 fully saturated rings. The van der Waals surface area contributed by atoms with E-state index in [9.17, 15) is 4.79 Å². The predicted octanol–water partition coefficient (Wildman–Crippen LogP) is 4.62. The zero-order chi connectivity index (χ0) is 20.5. The molecule has 6 nitrogen and oxygen atoms in total. The van der Waals surface area contributed by atoms with Crippen LogP contribution in [0.5, 0.6) is 0 Å². The van der Waals surface area contributed by atoms with Gasteiger partial charge in [-0.1, -0.05) is 26.0 Å². The van der Waals surface area contributed by atoms with Gasteiger partial charge in [0.15, 0.2) is 5.96 Å². The predicted molar refractivity (Wildman–Crippen MR) is 133 cm³/mol. The molecule has 0 unspecified atom stereocenters. The fraction of sp³-hybridized carbons (Fsp3) is 0.476. The Bertz CT molecular complexity index is 800. The van der Waals surface area contributed by atoms with Crippen molar-refractivity contribution in [3.8, 4) is 0 Å². The molecule has 0 bridgehead atoms. The molecular weight excluding hydrogens is 497 g/mol. The van der Waals surface area contributed by atoms with Gasteiger partial charge in [0, 0.05) is 23.5 Å². The average molecular weight is 529 g/mol. The van der Waals surface area contributed by atoms with Gasteiger partial charge >= 0.3 is 0 Å². The summed E-state index contributed by atoms with van der Waals surface area (Å²) in [6, 6.07) is 7.83. The molecule has 2 rings (SSSR count). The highest BCUT2D eigenvalue weighted by Gasteiger charge is 2.07. The molecule has 0 aliphatic rings. The summed E-state index contributed by atoms with van der Waals surface area (Å²) in [4.78, 5) is 22.4. The minimum atomic E-state index is 0. The van der Waals surface area contributed by atoms with Crippen molar-refractivity contribution in [2.45, 2.75) is 54.1 Å². The van der Waals surface area contributed by atoms with E-state index in [1.165, 1.54) is 4.88 Å². The van der Waals surface area contributed by atoms with Gasteiger partial charge in [-0.25, -0.2) is 9.98 Å². The Morgan fingerprint density at radius 3 is 2.62 bits per heavy atom. The van der Waals surface area contributed by atoms with Gasteiger partial charge in [0.1, 0.15) is 5.01 Å². The monoisotopic (exact) mass is 529 g/mol. The Labute approximate surface area is 195 Å². The van der Waals surface area contributed by atoms with Gasteiger partial charge in [0.25, 0.3) is 0 Å². The summed E-state index contributed by atoms with van der Waals surface area (Å²) in [5.74, 6) is 1.13. The smallest absolute Gasteiger partial charge is 0.224 e. The van der Waals surface area contributed by atoms with Crippen molar-refractivity contribution in [3.63, 3.8) is 0 Å². The van der Waals surface area contributed by atoms with E-state index in [0.29, 0.717) is 25.4 Å². The highest BCUT2D eigenvalue weighted by Crippen LogP contribution is 2.16. The van der Waals surface area contributed by atoms with Crippen LogP contribution in [0.15, 0.2) is 29.3 Å². The van der Waals surface area contributed by atoms with Crippen LogP contribution in [0, 0.1) is 19.8 Å². The number of halogens is 1. The van der Waals surface area contributed by atoms with Crippen molar-refractivity contribution in [3.05, 3.63) is 45.4 Å². The number of anilines is 1. The largest absolute Gasteiger partial charge is 0.357 e. The summed E-state index contributed by atoms with van der Waals surface area (Å²) in [6.45, 7) is 12.2. The highest BCUT2D eigenvalue weighted by atomic mass is 127. The number of hydrogen-bond acceptors (Lipinski definition) is 4. The van der Waals surface area contributed by atoms with Crippen LogP contribution in [0.2, 0.25) is 0 Å². The molecular formula is C21H32IN5OS. The van der Waals surface area contributed by atoms with Crippen LogP contribution < -0.4 is 16.0 Å². The van der Waals surface area contributed by atoms with Crippen molar-refractivity contribution in [1.82, 2.24) is 15.6 Å². The fourth-order valence-electron chi connectivity index (χ4n) is 2.62. The van der Waals surface area contributed by atoms with E-state index in [0.717, 1.165) is 34.5 Å². The van der Waals surface area contributed by atoms with Crippen LogP contribution in [0.3, 0.4) is 0 Å². The molecule has 0 aliphatic carbocycles. The van der Waals surface area contributed by atoms with Gasteiger partial charge in [-0.15, -0.1) is 35.3 Å². The molecule has 0 spiro atoms. The second-order valence-electron chi connectivity index (χ2n) is 7.14. The number of carbonyl (C=O) groups is 1. The van der Waals surface area contributed by atoms with Crippen LogP contribution >= 0.6 is 35.3 Å². The second-order valence-corrected chi connectivity index (χ2v) is 8.43. The minimum absolute atomic E-state index is 0. The Balaban J connectivity index is 0.00000420. The first-order chi connectivity index (χ1) is 13.4. The lowest BCUT2D eigenvalue weighted by atomic mass is 10.1. The quantitative estimate of drug-likeness (QED) is 0.265. The maximum Gasteiger partial charge on any atom is 0.224 e. The summed E-state index contributed by atoms with van der Waals surface area (Å²) in [6.07, 6.45) is 0.520. The first-order valence-corrected chi connectivity index (χ1v) is 10.5. The standard InChI is InChI=1S/C21H31N5OS.HI/c1-6-22-21(24-13-20-25-15(4)16(5)28-20)23-12-17-8-7-9-18(11-17)26-19(27)10-14(2)3;/h7-9,11,14H,6,10,12-13H2,1-5H3,(H,26,27)(H2,22,23,24);1H. The van der Waals surface area contributed by atoms with Crippen molar-refractivity contribution in [2.75, 3.05) is 11.9 Å². The number of aryl methyl sites for hydroxylation is 2. The number of nitrogens with one attached hydrogen (secondary N) is 3. The summed E-state index contributed by atoms with van der Waals surface area (Å²) >= 11 is 1.70. The van der Waals surface area contributed by atoms with Gasteiger partial charge in [-0.3, -0.25) is 4.79 Å². The maximum atomic E-state index is 12.0. The number of hydrogen-bond donors (Lipinski definition) is 3. The van der Waals surface area contributed by atoms with Crippen LogP contribution in [-0.4, -0.2) is 23.4 Å². The molecule has 29 heavy (non-hydrogen) atoms. The SMILES string of the molecule is CCNC(=NCc1cccc(NC(=O)CC(C)C)c1)NCc1nc(C)c(C)s1.I. The number of carbonyl (C=O) groups excluding carboxylic acids is 1. The molecule has 1 amide bonds. The molecule has 0 saturated carbocycles. The normalized spacial score (nSPS) is 11.2. The summed E-state index contributed by atoms with van der Waals surface area (Å²) in [5, 5.41) is 10.6. The Kier molecular flexibility index (Phi) is 11.2. The molecule has 1 heterocycles. The number of guanidine groups is 1. The van der Waals surface area contributed by atoms with E-state index in [2.05, 4.69) is 32.9 Å². The van der Waals surface area contributed by atoms with Gasteiger partial charge < -0.3 is 16.0 Å². The summed E-state index contributed by atoms with van der Waals surface area (Å²) < 4.78 is 0. The Morgan fingerprint density at radius 1 is 1.24 bits per heavy atom. The van der Waals surface area contributed by atoms with Gasteiger partial charge in [0.05, 0.1) is 18.8 Å². The number of aliphatic imine (C=N–C) groups is 1. The molecule has 160 valence electrons. The number of rotatable bonds is 8. The summed E-state index contributed by atoms with van der Waals surface area (Å²) in [7, 11) is 0. The van der Waals surface area contributed by atoms with E-state index in [4.69, 9.17) is 0 Å². The van der Waals surface area contributed by atoms with Crippen molar-refractivity contribution >= 4 is 52.9 Å². The Morgan fingerprint density at radius 2 is 2.00 bits per heavy atom. The van der Waals surface area contributed by atoms with E-state index in [1.807, 2.05) is 52.0 Å². The average Bonchev–Trinajstić information content (AvgIpc) is 2.95. The minimum Gasteiger partial charge on any atom is -0.357 e. The van der Waals surface area contributed by atoms with Crippen LogP contribution in [0.1, 0.15) is 48.3 Å². The lowest BCUT2D eigenvalue weighted by Crippen LogP contribution is -2.36. The molecule has 3 N–H and O–H groups in total. The van der Waals surface area contributed by atoms with Crippen LogP contribution in [0.25, 0.3) is 0 Å². The molecule has 0 atom stereocenters. The second kappa shape index (κ2) is 12.8. The van der Waals surface area contributed by atoms with Crippen molar-refractivity contribution in [1.29, 1.82) is 0 Å². The third-order valence-corrected chi connectivity index (χ3v) is 5.12. The highest BCUT2D eigenvalue weighted by molar-refractivity contribution is 14.0. The molecule has 0 radical (unpaired) electrons. The van der Waals surface area contributed by atoms with Crippen molar-refractivity contribution < 1.29 is 4.79 Å². The van der Waals surface area contributed by atoms with Gasteiger partial charge in [0.2, 0.25) is 5.91 Å². The number of aromatic nitrogens is 1. The molecule has 1 aromatic heterocycles. The van der Waals surface area contributed by atoms with Crippen molar-refractivity contribution in [2.24, 2.45) is 10.9 Å². The Hall–Kier alpha value is -1.68.